The third-order valence-corrected chi connectivity index (χ3v) is 12.6. The van der Waals surface area contributed by atoms with Crippen LogP contribution < -0.4 is 5.11 Å². The summed E-state index contributed by atoms with van der Waals surface area (Å²) < 4.78 is 22.6. The summed E-state index contributed by atoms with van der Waals surface area (Å²) in [5.74, 6) is -2.27. The maximum atomic E-state index is 12.8. The average Bonchev–Trinajstić information content (AvgIpc) is 3.31. The fraction of sp³-hybridized carbons (Fsp3) is 0.817. The van der Waals surface area contributed by atoms with E-state index in [2.05, 4.69) is 62.5 Å². The normalized spacial score (nSPS) is 13.1. The molecule has 0 aromatic heterocycles. The maximum absolute atomic E-state index is 12.8. The first-order chi connectivity index (χ1) is 33.6. The summed E-state index contributed by atoms with van der Waals surface area (Å²) in [5.41, 5.74) is 0. The van der Waals surface area contributed by atoms with Crippen LogP contribution in [0.3, 0.4) is 0 Å². The molecule has 0 saturated carbocycles. The number of hydrogen-bond donors (Lipinski definition) is 0. The molecular formula is C60H109NO8. The Hall–Kier alpha value is -2.75. The molecule has 0 spiro atoms. The van der Waals surface area contributed by atoms with Gasteiger partial charge in [-0.05, 0) is 51.4 Å². The molecule has 0 amide bonds. The van der Waals surface area contributed by atoms with Gasteiger partial charge in [-0.1, -0.05) is 242 Å². The van der Waals surface area contributed by atoms with Crippen LogP contribution in [0.1, 0.15) is 258 Å². The number of rotatable bonds is 53. The minimum absolute atomic E-state index is 0.150. The molecule has 0 aromatic carbocycles. The van der Waals surface area contributed by atoms with E-state index in [4.69, 9.17) is 18.9 Å². The van der Waals surface area contributed by atoms with Gasteiger partial charge in [0, 0.05) is 12.8 Å². The van der Waals surface area contributed by atoms with E-state index in [9.17, 15) is 19.5 Å². The number of likely N-dealkylation sites (N-methyl/N-ethyl adjacent to an activating group) is 1. The molecule has 0 aliphatic heterocycles. The molecule has 2 unspecified atom stereocenters. The number of nitrogens with zero attached hydrogens (tertiary/aromatic N) is 1. The molecule has 0 rings (SSSR count). The van der Waals surface area contributed by atoms with Crippen LogP contribution in [0.25, 0.3) is 0 Å². The van der Waals surface area contributed by atoms with Gasteiger partial charge in [-0.25, -0.2) is 0 Å². The predicted molar refractivity (Wildman–Crippen MR) is 288 cm³/mol. The number of ether oxygens (including phenoxy) is 4. The Bertz CT molecular complexity index is 1270. The Morgan fingerprint density at radius 3 is 1.23 bits per heavy atom. The molecule has 0 N–H and O–H groups in total. The fourth-order valence-corrected chi connectivity index (χ4v) is 8.18. The van der Waals surface area contributed by atoms with Gasteiger partial charge < -0.3 is 33.3 Å². The first-order valence-electron chi connectivity index (χ1n) is 28.8. The number of carboxylic acid groups (broad SMARTS) is 1. The number of unbranched alkanes of at least 4 members (excludes halogenated alkanes) is 30. The first-order valence-corrected chi connectivity index (χ1v) is 28.8. The second-order valence-electron chi connectivity index (χ2n) is 20.6. The van der Waals surface area contributed by atoms with Gasteiger partial charge in [0.25, 0.3) is 0 Å². The van der Waals surface area contributed by atoms with E-state index in [1.54, 1.807) is 0 Å². The molecule has 0 aromatic rings. The lowest BCUT2D eigenvalue weighted by molar-refractivity contribution is -0.870. The summed E-state index contributed by atoms with van der Waals surface area (Å²) in [7, 11) is 5.92. The highest BCUT2D eigenvalue weighted by Gasteiger charge is 2.22. The molecule has 0 aliphatic rings. The summed E-state index contributed by atoms with van der Waals surface area (Å²) >= 11 is 0. The number of hydrogen-bond acceptors (Lipinski definition) is 8. The van der Waals surface area contributed by atoms with Crippen LogP contribution in [0, 0.1) is 0 Å². The van der Waals surface area contributed by atoms with Crippen LogP contribution in [-0.2, 0) is 33.3 Å². The molecule has 0 heterocycles. The summed E-state index contributed by atoms with van der Waals surface area (Å²) in [6.45, 7) is 4.65. The van der Waals surface area contributed by atoms with E-state index in [1.807, 2.05) is 21.1 Å². The Morgan fingerprint density at radius 2 is 0.826 bits per heavy atom. The van der Waals surface area contributed by atoms with Crippen LogP contribution in [0.4, 0.5) is 0 Å². The molecule has 9 nitrogen and oxygen atoms in total. The standard InChI is InChI=1S/C60H109NO8/c1-6-8-10-12-14-16-18-19-20-21-22-23-24-25-26-27-28-29-30-31-32-33-34-35-36-37-38-39-41-43-45-47-49-51-58(63)69-56(55-68-60(59(64)65)66-53-52-61(3,4)5)54-67-57(62)50-48-46-44-42-40-17-15-13-11-9-7-2/h8,10,14,16,19-20,22-23,56,60H,6-7,9,11-13,15,17-18,21,24-55H2,1-5H3/b10-8-,16-14-,20-19-,23-22-. The zero-order chi connectivity index (χ0) is 50.6. The van der Waals surface area contributed by atoms with Gasteiger partial charge in [0.15, 0.2) is 12.4 Å². The first kappa shape index (κ1) is 66.2. The number of esters is 2. The Morgan fingerprint density at radius 1 is 0.449 bits per heavy atom. The van der Waals surface area contributed by atoms with Crippen molar-refractivity contribution in [3.63, 3.8) is 0 Å². The number of allylic oxidation sites excluding steroid dienone is 8. The van der Waals surface area contributed by atoms with Crippen molar-refractivity contribution in [1.29, 1.82) is 0 Å². The minimum Gasteiger partial charge on any atom is -0.545 e. The highest BCUT2D eigenvalue weighted by Crippen LogP contribution is 2.17. The van der Waals surface area contributed by atoms with Crippen molar-refractivity contribution in [2.24, 2.45) is 0 Å². The predicted octanol–water partition coefficient (Wildman–Crippen LogP) is 15.3. The summed E-state index contributed by atoms with van der Waals surface area (Å²) in [4.78, 5) is 37.1. The average molecular weight is 973 g/mol. The van der Waals surface area contributed by atoms with Crippen molar-refractivity contribution in [3.8, 4) is 0 Å². The third-order valence-electron chi connectivity index (χ3n) is 12.6. The van der Waals surface area contributed by atoms with E-state index < -0.39 is 24.3 Å². The van der Waals surface area contributed by atoms with Crippen LogP contribution in [0.5, 0.6) is 0 Å². The SMILES string of the molecule is CC/C=C\C/C=C\C/C=C\C/C=C\CCCCCCCCCCCCCCCCCCCCCCC(=O)OC(COC(=O)CCCCCCCCCCCCC)COC(OCC[N+](C)(C)C)C(=O)[O-]. The van der Waals surface area contributed by atoms with Gasteiger partial charge in [-0.3, -0.25) is 9.59 Å². The van der Waals surface area contributed by atoms with Crippen LogP contribution in [0.2, 0.25) is 0 Å². The lowest BCUT2D eigenvalue weighted by Gasteiger charge is -2.26. The lowest BCUT2D eigenvalue weighted by atomic mass is 10.0. The Balaban J connectivity index is 4.03. The molecule has 9 heteroatoms. The fourth-order valence-electron chi connectivity index (χ4n) is 8.18. The number of aliphatic carboxylic acids is 1. The van der Waals surface area contributed by atoms with E-state index in [-0.39, 0.29) is 32.2 Å². The van der Waals surface area contributed by atoms with E-state index in [0.717, 1.165) is 57.8 Å². The van der Waals surface area contributed by atoms with E-state index in [1.165, 1.54) is 167 Å². The van der Waals surface area contributed by atoms with Crippen molar-refractivity contribution in [3.05, 3.63) is 48.6 Å². The molecule has 0 saturated heterocycles. The highest BCUT2D eigenvalue weighted by atomic mass is 16.7. The smallest absolute Gasteiger partial charge is 0.306 e. The number of carbonyl (C=O) groups is 3. The van der Waals surface area contributed by atoms with Gasteiger partial charge in [0.2, 0.25) is 0 Å². The van der Waals surface area contributed by atoms with Crippen molar-refractivity contribution in [2.45, 2.75) is 270 Å². The minimum atomic E-state index is -1.62. The zero-order valence-corrected chi connectivity index (χ0v) is 45.7. The Kier molecular flexibility index (Phi) is 49.5. The second kappa shape index (κ2) is 51.6. The summed E-state index contributed by atoms with van der Waals surface area (Å²) in [6, 6.07) is 0. The second-order valence-corrected chi connectivity index (χ2v) is 20.6. The molecule has 69 heavy (non-hydrogen) atoms. The van der Waals surface area contributed by atoms with Crippen LogP contribution >= 0.6 is 0 Å². The molecule has 0 bridgehead atoms. The van der Waals surface area contributed by atoms with Crippen LogP contribution in [-0.4, -0.2) is 82.3 Å². The monoisotopic (exact) mass is 972 g/mol. The summed E-state index contributed by atoms with van der Waals surface area (Å²) in [6.07, 6.45) is 60.4. The number of carbonyl (C=O) groups excluding carboxylic acids is 3. The molecule has 0 radical (unpaired) electrons. The zero-order valence-electron chi connectivity index (χ0n) is 45.7. The van der Waals surface area contributed by atoms with Gasteiger partial charge in [0.05, 0.1) is 40.3 Å². The van der Waals surface area contributed by atoms with E-state index >= 15 is 0 Å². The Labute approximate surface area is 425 Å². The molecule has 2 atom stereocenters. The largest absolute Gasteiger partial charge is 0.545 e. The lowest BCUT2D eigenvalue weighted by Crippen LogP contribution is -2.44. The molecule has 402 valence electrons. The molecular weight excluding hydrogens is 863 g/mol. The van der Waals surface area contributed by atoms with Gasteiger partial charge in [0.1, 0.15) is 13.2 Å². The highest BCUT2D eigenvalue weighted by molar-refractivity contribution is 5.70. The molecule has 0 aliphatic carbocycles. The van der Waals surface area contributed by atoms with Gasteiger partial charge >= 0.3 is 11.9 Å². The number of carboxylic acids is 1. The molecule has 0 fully saturated rings. The van der Waals surface area contributed by atoms with Crippen molar-refractivity contribution in [2.75, 3.05) is 47.5 Å². The topological polar surface area (TPSA) is 111 Å². The van der Waals surface area contributed by atoms with Gasteiger partial charge in [-0.15, -0.1) is 0 Å². The third kappa shape index (κ3) is 52.9. The van der Waals surface area contributed by atoms with E-state index in [0.29, 0.717) is 23.9 Å². The quantitative estimate of drug-likeness (QED) is 0.0195. The summed E-state index contributed by atoms with van der Waals surface area (Å²) in [5, 5.41) is 11.7. The van der Waals surface area contributed by atoms with Gasteiger partial charge in [-0.2, -0.15) is 0 Å². The van der Waals surface area contributed by atoms with Crippen LogP contribution in [0.15, 0.2) is 48.6 Å². The maximum Gasteiger partial charge on any atom is 0.306 e. The van der Waals surface area contributed by atoms with Crippen molar-refractivity contribution < 1.29 is 42.9 Å². The van der Waals surface area contributed by atoms with Crippen molar-refractivity contribution in [1.82, 2.24) is 0 Å². The number of quaternary nitrogens is 1. The van der Waals surface area contributed by atoms with Crippen molar-refractivity contribution >= 4 is 17.9 Å².